The molecule has 0 bridgehead atoms. The first-order valence-electron chi connectivity index (χ1n) is 8.04. The second-order valence-corrected chi connectivity index (χ2v) is 6.21. The van der Waals surface area contributed by atoms with Crippen molar-refractivity contribution in [2.24, 2.45) is 0 Å². The van der Waals surface area contributed by atoms with E-state index in [1.165, 1.54) is 27.8 Å². The van der Waals surface area contributed by atoms with Gasteiger partial charge in [0, 0.05) is 17.3 Å². The molecule has 2 aromatic rings. The van der Waals surface area contributed by atoms with E-state index in [1.54, 1.807) is 0 Å². The third-order valence-corrected chi connectivity index (χ3v) is 4.51. The Balaban J connectivity index is 2.23. The van der Waals surface area contributed by atoms with Gasteiger partial charge in [-0.3, -0.25) is 4.98 Å². The molecule has 22 heavy (non-hydrogen) atoms. The summed E-state index contributed by atoms with van der Waals surface area (Å²) in [5.41, 5.74) is 6.82. The standard InChI is InChI=1S/C20H25NS/c1-4-15(3)12-19-13-17(5-2)18(14-20(19)22)7-6-16-8-10-21-11-9-16/h8-14,22H,4-7H2,1-3H3/b15-12-. The van der Waals surface area contributed by atoms with Crippen molar-refractivity contribution < 1.29 is 0 Å². The number of rotatable bonds is 6. The van der Waals surface area contributed by atoms with Crippen LogP contribution in [-0.2, 0) is 19.3 Å². The second-order valence-electron chi connectivity index (χ2n) is 5.73. The number of benzene rings is 1. The Morgan fingerprint density at radius 2 is 1.82 bits per heavy atom. The molecule has 1 aromatic heterocycles. The molecule has 1 aromatic carbocycles. The molecule has 116 valence electrons. The van der Waals surface area contributed by atoms with Crippen molar-refractivity contribution in [3.63, 3.8) is 0 Å². The third kappa shape index (κ3) is 4.48. The van der Waals surface area contributed by atoms with Crippen LogP contribution in [0.2, 0.25) is 0 Å². The lowest BCUT2D eigenvalue weighted by Gasteiger charge is -2.12. The number of pyridine rings is 1. The molecule has 0 radical (unpaired) electrons. The highest BCUT2D eigenvalue weighted by Crippen LogP contribution is 2.25. The van der Waals surface area contributed by atoms with Crippen LogP contribution in [0.25, 0.3) is 6.08 Å². The van der Waals surface area contributed by atoms with Crippen LogP contribution in [0.15, 0.2) is 47.1 Å². The zero-order valence-electron chi connectivity index (χ0n) is 13.8. The summed E-state index contributed by atoms with van der Waals surface area (Å²) in [5, 5.41) is 0. The molecule has 0 saturated heterocycles. The molecule has 2 rings (SSSR count). The largest absolute Gasteiger partial charge is 0.265 e. The Kier molecular flexibility index (Phi) is 6.26. The maximum Gasteiger partial charge on any atom is 0.0270 e. The number of thiol groups is 1. The predicted octanol–water partition coefficient (Wildman–Crippen LogP) is 5.53. The smallest absolute Gasteiger partial charge is 0.0270 e. The summed E-state index contributed by atoms with van der Waals surface area (Å²) in [4.78, 5) is 5.16. The average molecular weight is 311 g/mol. The minimum Gasteiger partial charge on any atom is -0.265 e. The van der Waals surface area contributed by atoms with Gasteiger partial charge in [-0.05, 0) is 73.1 Å². The van der Waals surface area contributed by atoms with Crippen molar-refractivity contribution in [3.05, 3.63) is 64.5 Å². The molecule has 2 heteroatoms. The SMILES string of the molecule is CC/C(C)=C\c1cc(CC)c(CCc2ccncc2)cc1S. The minimum absolute atomic E-state index is 1.05. The molecule has 1 heterocycles. The lowest BCUT2D eigenvalue weighted by Crippen LogP contribution is -1.98. The monoisotopic (exact) mass is 311 g/mol. The molecule has 0 aliphatic rings. The Morgan fingerprint density at radius 3 is 2.45 bits per heavy atom. The molecule has 0 N–H and O–H groups in total. The maximum atomic E-state index is 4.69. The van der Waals surface area contributed by atoms with E-state index >= 15 is 0 Å². The molecule has 0 atom stereocenters. The number of hydrogen-bond donors (Lipinski definition) is 1. The highest BCUT2D eigenvalue weighted by Gasteiger charge is 2.06. The summed E-state index contributed by atoms with van der Waals surface area (Å²) in [6.45, 7) is 6.59. The fraction of sp³-hybridized carbons (Fsp3) is 0.350. The van der Waals surface area contributed by atoms with Gasteiger partial charge < -0.3 is 0 Å². The van der Waals surface area contributed by atoms with E-state index in [-0.39, 0.29) is 0 Å². The average Bonchev–Trinajstić information content (AvgIpc) is 2.55. The quantitative estimate of drug-likeness (QED) is 0.692. The summed E-state index contributed by atoms with van der Waals surface area (Å²) in [5.74, 6) is 0. The van der Waals surface area contributed by atoms with Crippen molar-refractivity contribution in [1.29, 1.82) is 0 Å². The number of nitrogens with zero attached hydrogens (tertiary/aromatic N) is 1. The molecule has 0 spiro atoms. The zero-order chi connectivity index (χ0) is 15.9. The van der Waals surface area contributed by atoms with Gasteiger partial charge in [-0.1, -0.05) is 31.6 Å². The molecular weight excluding hydrogens is 286 g/mol. The zero-order valence-corrected chi connectivity index (χ0v) is 14.7. The first-order valence-corrected chi connectivity index (χ1v) is 8.49. The minimum atomic E-state index is 1.05. The molecule has 1 nitrogen and oxygen atoms in total. The molecule has 0 saturated carbocycles. The van der Waals surface area contributed by atoms with Gasteiger partial charge in [-0.25, -0.2) is 0 Å². The van der Waals surface area contributed by atoms with E-state index in [0.717, 1.165) is 30.6 Å². The summed E-state index contributed by atoms with van der Waals surface area (Å²) in [7, 11) is 0. The van der Waals surface area contributed by atoms with Gasteiger partial charge in [0.25, 0.3) is 0 Å². The van der Waals surface area contributed by atoms with Crippen LogP contribution in [0.4, 0.5) is 0 Å². The van der Waals surface area contributed by atoms with Crippen LogP contribution < -0.4 is 0 Å². The molecule has 0 aliphatic carbocycles. The number of aryl methyl sites for hydroxylation is 3. The second kappa shape index (κ2) is 8.19. The number of aromatic nitrogens is 1. The fourth-order valence-corrected chi connectivity index (χ4v) is 2.85. The van der Waals surface area contributed by atoms with Crippen LogP contribution >= 0.6 is 12.6 Å². The third-order valence-electron chi connectivity index (χ3n) is 4.12. The van der Waals surface area contributed by atoms with Gasteiger partial charge in [0.05, 0.1) is 0 Å². The van der Waals surface area contributed by atoms with Crippen LogP contribution in [0, 0.1) is 0 Å². The van der Waals surface area contributed by atoms with Gasteiger partial charge >= 0.3 is 0 Å². The van der Waals surface area contributed by atoms with E-state index < -0.39 is 0 Å². The van der Waals surface area contributed by atoms with Gasteiger partial charge in [0.2, 0.25) is 0 Å². The summed E-state index contributed by atoms with van der Waals surface area (Å²) < 4.78 is 0. The van der Waals surface area contributed by atoms with Gasteiger partial charge in [-0.15, -0.1) is 12.6 Å². The summed E-state index contributed by atoms with van der Waals surface area (Å²) >= 11 is 4.69. The van der Waals surface area contributed by atoms with E-state index in [4.69, 9.17) is 12.6 Å². The van der Waals surface area contributed by atoms with Gasteiger partial charge in [0.15, 0.2) is 0 Å². The van der Waals surface area contributed by atoms with E-state index in [9.17, 15) is 0 Å². The van der Waals surface area contributed by atoms with Crippen LogP contribution in [0.5, 0.6) is 0 Å². The fourth-order valence-electron chi connectivity index (χ4n) is 2.57. The Labute approximate surface area is 139 Å². The molecule has 0 unspecified atom stereocenters. The van der Waals surface area contributed by atoms with E-state index in [2.05, 4.69) is 56.1 Å². The van der Waals surface area contributed by atoms with Gasteiger partial charge in [0.1, 0.15) is 0 Å². The normalized spacial score (nSPS) is 11.7. The highest BCUT2D eigenvalue weighted by atomic mass is 32.1. The summed E-state index contributed by atoms with van der Waals surface area (Å²) in [6, 6.07) is 8.74. The molecule has 0 aliphatic heterocycles. The first kappa shape index (κ1) is 16.8. The van der Waals surface area contributed by atoms with Gasteiger partial charge in [-0.2, -0.15) is 0 Å². The molecular formula is C20H25NS. The van der Waals surface area contributed by atoms with Crippen molar-refractivity contribution >= 4 is 18.7 Å². The van der Waals surface area contributed by atoms with Crippen LogP contribution in [0.1, 0.15) is 49.4 Å². The van der Waals surface area contributed by atoms with E-state index in [1.807, 2.05) is 12.4 Å². The van der Waals surface area contributed by atoms with Crippen molar-refractivity contribution in [2.75, 3.05) is 0 Å². The molecule has 0 fully saturated rings. The molecule has 0 amide bonds. The van der Waals surface area contributed by atoms with E-state index in [0.29, 0.717) is 0 Å². The Morgan fingerprint density at radius 1 is 1.09 bits per heavy atom. The highest BCUT2D eigenvalue weighted by molar-refractivity contribution is 7.80. The number of allylic oxidation sites excluding steroid dienone is 1. The number of hydrogen-bond acceptors (Lipinski definition) is 2. The van der Waals surface area contributed by atoms with Crippen molar-refractivity contribution in [1.82, 2.24) is 4.98 Å². The van der Waals surface area contributed by atoms with Crippen LogP contribution in [-0.4, -0.2) is 4.98 Å². The Hall–Kier alpha value is -1.54. The first-order chi connectivity index (χ1) is 10.6. The predicted molar refractivity (Wildman–Crippen MR) is 98.7 cm³/mol. The lowest BCUT2D eigenvalue weighted by atomic mass is 9.96. The van der Waals surface area contributed by atoms with Crippen LogP contribution in [0.3, 0.4) is 0 Å². The summed E-state index contributed by atoms with van der Waals surface area (Å²) in [6.07, 6.45) is 10.2. The van der Waals surface area contributed by atoms with Crippen molar-refractivity contribution in [3.8, 4) is 0 Å². The maximum absolute atomic E-state index is 4.69. The van der Waals surface area contributed by atoms with Crippen molar-refractivity contribution in [2.45, 2.75) is 51.3 Å². The topological polar surface area (TPSA) is 12.9 Å². The lowest BCUT2D eigenvalue weighted by molar-refractivity contribution is 0.921. The Bertz CT molecular complexity index is 644.